The van der Waals surface area contributed by atoms with Gasteiger partial charge in [0.1, 0.15) is 0 Å². The van der Waals surface area contributed by atoms with Crippen molar-refractivity contribution in [3.63, 3.8) is 0 Å². The van der Waals surface area contributed by atoms with E-state index in [2.05, 4.69) is 125 Å². The zero-order chi connectivity index (χ0) is 23.2. The standard InChI is InChI=1S/C11H18.C8H10.C6H12.C4H8.CH4/c1-6-10(4)11(5)8-7-9(2)3;1-7-3-5-8(2)6-4-7;1-4-6(3)5-2;1-3-4-2;/h6,8H,2,7H2,1,3-5H3;3-6H,1-2H3;4H,5H2,1-3H3;3H,1,4H2,2H3;1H4/b10-6+,11-8+;;6-4+;;. The largest absolute Gasteiger partial charge is 0.103 e. The van der Waals surface area contributed by atoms with Crippen LogP contribution in [-0.4, -0.2) is 0 Å². The first-order chi connectivity index (χ1) is 13.6. The number of benzene rings is 1. The van der Waals surface area contributed by atoms with Crippen molar-refractivity contribution in [3.8, 4) is 0 Å². The zero-order valence-corrected chi connectivity index (χ0v) is 21.2. The molecule has 1 rings (SSSR count). The van der Waals surface area contributed by atoms with Crippen LogP contribution in [-0.2, 0) is 0 Å². The fraction of sp³-hybridized carbons (Fsp3) is 0.467. The minimum absolute atomic E-state index is 0. The van der Waals surface area contributed by atoms with Crippen molar-refractivity contribution in [2.24, 2.45) is 0 Å². The molecule has 0 saturated carbocycles. The van der Waals surface area contributed by atoms with Crippen LogP contribution in [0.4, 0.5) is 0 Å². The SMILES string of the molecule is C.C/C=C(\C)CC.C=C(C)C/C=C(C)/C(C)=C/C.C=CCC.Cc1ccc(C)cc1. The molecule has 0 nitrogen and oxygen atoms in total. The number of rotatable bonds is 5. The average Bonchev–Trinajstić information content (AvgIpc) is 2.73. The highest BCUT2D eigenvalue weighted by Gasteiger charge is 1.89. The lowest BCUT2D eigenvalue weighted by atomic mass is 10.1. The van der Waals surface area contributed by atoms with Crippen molar-refractivity contribution >= 4 is 0 Å². The third-order valence-electron chi connectivity index (χ3n) is 4.37. The van der Waals surface area contributed by atoms with Gasteiger partial charge in [0.25, 0.3) is 0 Å². The van der Waals surface area contributed by atoms with Gasteiger partial charge in [0.15, 0.2) is 0 Å². The van der Waals surface area contributed by atoms with Gasteiger partial charge in [-0.1, -0.05) is 110 Å². The minimum Gasteiger partial charge on any atom is -0.103 e. The second-order valence-corrected chi connectivity index (χ2v) is 7.36. The molecule has 0 fully saturated rings. The van der Waals surface area contributed by atoms with E-state index < -0.39 is 0 Å². The summed E-state index contributed by atoms with van der Waals surface area (Å²) >= 11 is 0. The number of aryl methyl sites for hydroxylation is 2. The summed E-state index contributed by atoms with van der Waals surface area (Å²) in [5, 5.41) is 0. The first-order valence-electron chi connectivity index (χ1n) is 10.8. The molecule has 0 spiro atoms. The van der Waals surface area contributed by atoms with E-state index in [0.29, 0.717) is 0 Å². The molecule has 0 radical (unpaired) electrons. The van der Waals surface area contributed by atoms with Gasteiger partial charge in [-0.15, -0.1) is 6.58 Å². The smallest absolute Gasteiger partial charge is 0.0138 e. The molecule has 0 unspecified atom stereocenters. The van der Waals surface area contributed by atoms with Gasteiger partial charge in [0, 0.05) is 0 Å². The molecule has 0 bridgehead atoms. The van der Waals surface area contributed by atoms with Gasteiger partial charge in [-0.2, -0.15) is 0 Å². The van der Waals surface area contributed by atoms with Crippen molar-refractivity contribution in [1.82, 2.24) is 0 Å². The van der Waals surface area contributed by atoms with Crippen molar-refractivity contribution in [1.29, 1.82) is 0 Å². The summed E-state index contributed by atoms with van der Waals surface area (Å²) in [6.45, 7) is 28.3. The van der Waals surface area contributed by atoms with E-state index in [1.807, 2.05) is 6.08 Å². The van der Waals surface area contributed by atoms with Crippen molar-refractivity contribution in [3.05, 3.63) is 95.1 Å². The molecular weight excluding hydrogens is 360 g/mol. The molecule has 0 atom stereocenters. The second-order valence-electron chi connectivity index (χ2n) is 7.36. The first kappa shape index (κ1) is 35.4. The van der Waals surface area contributed by atoms with Crippen LogP contribution in [0.5, 0.6) is 0 Å². The fourth-order valence-corrected chi connectivity index (χ4v) is 1.56. The molecule has 0 saturated heterocycles. The zero-order valence-electron chi connectivity index (χ0n) is 21.2. The van der Waals surface area contributed by atoms with Gasteiger partial charge in [-0.3, -0.25) is 0 Å². The predicted octanol–water partition coefficient (Wildman–Crippen LogP) is 10.7. The molecule has 172 valence electrons. The Morgan fingerprint density at radius 3 is 1.43 bits per heavy atom. The van der Waals surface area contributed by atoms with Crippen molar-refractivity contribution in [2.45, 2.75) is 95.9 Å². The van der Waals surface area contributed by atoms with Gasteiger partial charge in [0.2, 0.25) is 0 Å². The maximum absolute atomic E-state index is 3.85. The minimum atomic E-state index is 0. The second kappa shape index (κ2) is 25.0. The van der Waals surface area contributed by atoms with Gasteiger partial charge < -0.3 is 0 Å². The highest BCUT2D eigenvalue weighted by Crippen LogP contribution is 2.10. The Morgan fingerprint density at radius 1 is 0.833 bits per heavy atom. The highest BCUT2D eigenvalue weighted by molar-refractivity contribution is 5.27. The lowest BCUT2D eigenvalue weighted by Gasteiger charge is -1.99. The number of allylic oxidation sites excluding steroid dienone is 8. The van der Waals surface area contributed by atoms with Crippen molar-refractivity contribution in [2.75, 3.05) is 0 Å². The van der Waals surface area contributed by atoms with Crippen molar-refractivity contribution < 1.29 is 0 Å². The van der Waals surface area contributed by atoms with Gasteiger partial charge >= 0.3 is 0 Å². The molecule has 0 aromatic heterocycles. The average molecular weight is 413 g/mol. The summed E-state index contributed by atoms with van der Waals surface area (Å²) in [4.78, 5) is 0. The fourth-order valence-electron chi connectivity index (χ4n) is 1.56. The normalized spacial score (nSPS) is 10.7. The molecule has 0 aliphatic rings. The quantitative estimate of drug-likeness (QED) is 0.333. The number of hydrogen-bond donors (Lipinski definition) is 0. The molecule has 0 heteroatoms. The molecule has 0 amide bonds. The Hall–Kier alpha value is -2.08. The van der Waals surface area contributed by atoms with Gasteiger partial charge in [0.05, 0.1) is 0 Å². The summed E-state index contributed by atoms with van der Waals surface area (Å²) in [6.07, 6.45) is 11.6. The van der Waals surface area contributed by atoms with Gasteiger partial charge in [-0.25, -0.2) is 0 Å². The monoisotopic (exact) mass is 412 g/mol. The molecule has 0 aliphatic carbocycles. The Morgan fingerprint density at radius 2 is 1.23 bits per heavy atom. The third-order valence-corrected chi connectivity index (χ3v) is 4.37. The van der Waals surface area contributed by atoms with Crippen LogP contribution < -0.4 is 0 Å². The van der Waals surface area contributed by atoms with E-state index in [0.717, 1.165) is 12.8 Å². The molecule has 30 heavy (non-hydrogen) atoms. The predicted molar refractivity (Wildman–Crippen MR) is 145 cm³/mol. The third kappa shape index (κ3) is 28.1. The van der Waals surface area contributed by atoms with Crippen LogP contribution in [0.1, 0.15) is 93.2 Å². The summed E-state index contributed by atoms with van der Waals surface area (Å²) in [5.41, 5.74) is 8.05. The molecular formula is C30H52. The molecule has 0 heterocycles. The van der Waals surface area contributed by atoms with Gasteiger partial charge in [-0.05, 0) is 74.7 Å². The summed E-state index contributed by atoms with van der Waals surface area (Å²) in [5.74, 6) is 0. The first-order valence-corrected chi connectivity index (χ1v) is 10.8. The van der Waals surface area contributed by atoms with E-state index in [1.165, 1.54) is 39.8 Å². The Balaban J connectivity index is -0.000000158. The molecule has 1 aromatic carbocycles. The maximum atomic E-state index is 3.85. The topological polar surface area (TPSA) is 0 Å². The highest BCUT2D eigenvalue weighted by atomic mass is 14.0. The molecule has 0 N–H and O–H groups in total. The Labute approximate surface area is 191 Å². The van der Waals surface area contributed by atoms with Crippen LogP contribution >= 0.6 is 0 Å². The maximum Gasteiger partial charge on any atom is -0.0138 e. The van der Waals surface area contributed by atoms with Crippen LogP contribution in [0.15, 0.2) is 84.0 Å². The lowest BCUT2D eigenvalue weighted by molar-refractivity contribution is 1.09. The Bertz CT molecular complexity index is 598. The van der Waals surface area contributed by atoms with E-state index in [1.54, 1.807) is 0 Å². The Kier molecular flexibility index (Phi) is 29.4. The van der Waals surface area contributed by atoms with Crippen LogP contribution in [0.2, 0.25) is 0 Å². The summed E-state index contributed by atoms with van der Waals surface area (Å²) < 4.78 is 0. The van der Waals surface area contributed by atoms with E-state index in [4.69, 9.17) is 0 Å². The van der Waals surface area contributed by atoms with E-state index >= 15 is 0 Å². The van der Waals surface area contributed by atoms with E-state index in [-0.39, 0.29) is 7.43 Å². The lowest BCUT2D eigenvalue weighted by Crippen LogP contribution is -1.79. The van der Waals surface area contributed by atoms with E-state index in [9.17, 15) is 0 Å². The summed E-state index contributed by atoms with van der Waals surface area (Å²) in [7, 11) is 0. The van der Waals surface area contributed by atoms with Crippen LogP contribution in [0.3, 0.4) is 0 Å². The van der Waals surface area contributed by atoms with Crippen LogP contribution in [0, 0.1) is 13.8 Å². The summed E-state index contributed by atoms with van der Waals surface area (Å²) in [6, 6.07) is 8.48. The molecule has 0 aliphatic heterocycles. The number of hydrogen-bond acceptors (Lipinski definition) is 0. The molecule has 1 aromatic rings. The van der Waals surface area contributed by atoms with Crippen LogP contribution in [0.25, 0.3) is 0 Å².